The highest BCUT2D eigenvalue weighted by Crippen LogP contribution is 2.29. The molecule has 0 radical (unpaired) electrons. The molecule has 1 saturated carbocycles. The molecule has 0 unspecified atom stereocenters. The van der Waals surface area contributed by atoms with Crippen LogP contribution in [0.15, 0.2) is 18.5 Å². The van der Waals surface area contributed by atoms with Crippen LogP contribution in [0.4, 0.5) is 10.6 Å². The molecule has 6 heteroatoms. The van der Waals surface area contributed by atoms with Crippen LogP contribution in [0.1, 0.15) is 58.9 Å². The fourth-order valence-electron chi connectivity index (χ4n) is 2.96. The van der Waals surface area contributed by atoms with Gasteiger partial charge in [-0.25, -0.2) is 9.78 Å². The maximum atomic E-state index is 11.8. The third-order valence-corrected chi connectivity index (χ3v) is 3.99. The number of carbonyl (C=O) groups excluding carboxylic acids is 1. The van der Waals surface area contributed by atoms with Gasteiger partial charge in [-0.2, -0.15) is 5.10 Å². The average Bonchev–Trinajstić information content (AvgIpc) is 2.89. The SMILES string of the molecule is CC(C)(C)OC(=O)Nc1cc2cn(C3CCCCC3)nc2cn1. The van der Waals surface area contributed by atoms with Gasteiger partial charge >= 0.3 is 6.09 Å². The molecule has 2 aromatic heterocycles. The zero-order valence-corrected chi connectivity index (χ0v) is 14.0. The minimum Gasteiger partial charge on any atom is -0.444 e. The predicted molar refractivity (Wildman–Crippen MR) is 89.5 cm³/mol. The van der Waals surface area contributed by atoms with Gasteiger partial charge in [0, 0.05) is 11.6 Å². The first-order valence-electron chi connectivity index (χ1n) is 8.26. The summed E-state index contributed by atoms with van der Waals surface area (Å²) in [6, 6.07) is 2.32. The van der Waals surface area contributed by atoms with Gasteiger partial charge in [-0.15, -0.1) is 0 Å². The van der Waals surface area contributed by atoms with E-state index in [4.69, 9.17) is 4.74 Å². The summed E-state index contributed by atoms with van der Waals surface area (Å²) >= 11 is 0. The second-order valence-corrected chi connectivity index (χ2v) is 7.16. The Morgan fingerprint density at radius 1 is 1.30 bits per heavy atom. The zero-order chi connectivity index (χ0) is 16.4. The summed E-state index contributed by atoms with van der Waals surface area (Å²) in [4.78, 5) is 16.1. The maximum Gasteiger partial charge on any atom is 0.413 e. The van der Waals surface area contributed by atoms with Gasteiger partial charge in [0.25, 0.3) is 0 Å². The van der Waals surface area contributed by atoms with Crippen LogP contribution in [0.5, 0.6) is 0 Å². The summed E-state index contributed by atoms with van der Waals surface area (Å²) in [6.45, 7) is 5.49. The van der Waals surface area contributed by atoms with Gasteiger partial charge < -0.3 is 4.74 Å². The van der Waals surface area contributed by atoms with Crippen molar-refractivity contribution in [3.63, 3.8) is 0 Å². The summed E-state index contributed by atoms with van der Waals surface area (Å²) in [5.74, 6) is 0.481. The van der Waals surface area contributed by atoms with E-state index >= 15 is 0 Å². The highest BCUT2D eigenvalue weighted by Gasteiger charge is 2.18. The first-order chi connectivity index (χ1) is 10.9. The molecule has 1 aliphatic carbocycles. The number of aromatic nitrogens is 3. The van der Waals surface area contributed by atoms with Crippen LogP contribution in [-0.4, -0.2) is 26.5 Å². The van der Waals surface area contributed by atoms with E-state index in [9.17, 15) is 4.79 Å². The molecule has 1 fully saturated rings. The molecule has 1 N–H and O–H groups in total. The molecule has 0 bridgehead atoms. The molecule has 0 atom stereocenters. The van der Waals surface area contributed by atoms with Crippen molar-refractivity contribution in [3.05, 3.63) is 18.5 Å². The van der Waals surface area contributed by atoms with Crippen molar-refractivity contribution in [3.8, 4) is 0 Å². The minimum absolute atomic E-state index is 0.481. The van der Waals surface area contributed by atoms with E-state index < -0.39 is 11.7 Å². The molecular formula is C17H24N4O2. The third kappa shape index (κ3) is 4.00. The van der Waals surface area contributed by atoms with Gasteiger partial charge in [-0.3, -0.25) is 10.00 Å². The third-order valence-electron chi connectivity index (χ3n) is 3.99. The Hall–Kier alpha value is -2.11. The lowest BCUT2D eigenvalue weighted by Gasteiger charge is -2.21. The minimum atomic E-state index is -0.528. The molecule has 124 valence electrons. The largest absolute Gasteiger partial charge is 0.444 e. The number of rotatable bonds is 2. The Kier molecular flexibility index (Phi) is 4.24. The molecule has 23 heavy (non-hydrogen) atoms. The van der Waals surface area contributed by atoms with E-state index in [0.717, 1.165) is 10.9 Å². The summed E-state index contributed by atoms with van der Waals surface area (Å²) in [5, 5.41) is 8.28. The normalized spacial score (nSPS) is 16.5. The van der Waals surface area contributed by atoms with Crippen molar-refractivity contribution >= 4 is 22.8 Å². The molecular weight excluding hydrogens is 292 g/mol. The molecule has 3 rings (SSSR count). The highest BCUT2D eigenvalue weighted by atomic mass is 16.6. The number of anilines is 1. The maximum absolute atomic E-state index is 11.8. The number of amides is 1. The van der Waals surface area contributed by atoms with Crippen LogP contribution >= 0.6 is 0 Å². The Labute approximate surface area is 136 Å². The van der Waals surface area contributed by atoms with E-state index in [1.807, 2.05) is 33.0 Å². The van der Waals surface area contributed by atoms with Gasteiger partial charge in [-0.05, 0) is 39.7 Å². The Morgan fingerprint density at radius 2 is 2.04 bits per heavy atom. The predicted octanol–water partition coefficient (Wildman–Crippen LogP) is 4.28. The van der Waals surface area contributed by atoms with Gasteiger partial charge in [0.2, 0.25) is 0 Å². The van der Waals surface area contributed by atoms with Crippen LogP contribution in [0, 0.1) is 0 Å². The van der Waals surface area contributed by atoms with Gasteiger partial charge in [0.05, 0.1) is 12.2 Å². The van der Waals surface area contributed by atoms with Crippen molar-refractivity contribution in [2.24, 2.45) is 0 Å². The number of fused-ring (bicyclic) bond motifs is 1. The van der Waals surface area contributed by atoms with Crippen molar-refractivity contribution in [1.29, 1.82) is 0 Å². The lowest BCUT2D eigenvalue weighted by molar-refractivity contribution is 0.0635. The number of nitrogens with one attached hydrogen (secondary N) is 1. The molecule has 1 amide bonds. The summed E-state index contributed by atoms with van der Waals surface area (Å²) in [7, 11) is 0. The number of ether oxygens (including phenoxy) is 1. The average molecular weight is 316 g/mol. The fraction of sp³-hybridized carbons (Fsp3) is 0.588. The number of pyridine rings is 1. The fourth-order valence-corrected chi connectivity index (χ4v) is 2.96. The van der Waals surface area contributed by atoms with Crippen molar-refractivity contribution in [2.45, 2.75) is 64.5 Å². The first kappa shape index (κ1) is 15.8. The lowest BCUT2D eigenvalue weighted by Crippen LogP contribution is -2.27. The molecule has 0 saturated heterocycles. The number of hydrogen-bond acceptors (Lipinski definition) is 4. The second kappa shape index (κ2) is 6.18. The smallest absolute Gasteiger partial charge is 0.413 e. The molecule has 0 spiro atoms. The second-order valence-electron chi connectivity index (χ2n) is 7.16. The zero-order valence-electron chi connectivity index (χ0n) is 14.0. The number of hydrogen-bond donors (Lipinski definition) is 1. The number of carbonyl (C=O) groups is 1. The van der Waals surface area contributed by atoms with E-state index in [2.05, 4.69) is 20.1 Å². The molecule has 1 aliphatic rings. The molecule has 0 aliphatic heterocycles. The van der Waals surface area contributed by atoms with E-state index in [-0.39, 0.29) is 0 Å². The summed E-state index contributed by atoms with van der Waals surface area (Å²) < 4.78 is 7.30. The van der Waals surface area contributed by atoms with Crippen molar-refractivity contribution in [2.75, 3.05) is 5.32 Å². The van der Waals surface area contributed by atoms with Crippen LogP contribution in [0.2, 0.25) is 0 Å². The van der Waals surface area contributed by atoms with Crippen LogP contribution < -0.4 is 5.32 Å². The monoisotopic (exact) mass is 316 g/mol. The molecule has 0 aromatic carbocycles. The summed E-state index contributed by atoms with van der Waals surface area (Å²) in [5.41, 5.74) is 0.324. The quantitative estimate of drug-likeness (QED) is 0.897. The molecule has 2 aromatic rings. The summed E-state index contributed by atoms with van der Waals surface area (Å²) in [6.07, 6.45) is 9.48. The number of nitrogens with zero attached hydrogens (tertiary/aromatic N) is 3. The van der Waals surface area contributed by atoms with Gasteiger partial charge in [0.1, 0.15) is 16.9 Å². The van der Waals surface area contributed by atoms with Gasteiger partial charge in [-0.1, -0.05) is 19.3 Å². The van der Waals surface area contributed by atoms with E-state index in [0.29, 0.717) is 11.9 Å². The lowest BCUT2D eigenvalue weighted by atomic mass is 9.96. The van der Waals surface area contributed by atoms with Crippen LogP contribution in [-0.2, 0) is 4.74 Å². The Morgan fingerprint density at radius 3 is 2.74 bits per heavy atom. The van der Waals surface area contributed by atoms with Gasteiger partial charge in [0.15, 0.2) is 0 Å². The van der Waals surface area contributed by atoms with Crippen molar-refractivity contribution < 1.29 is 9.53 Å². The van der Waals surface area contributed by atoms with Crippen LogP contribution in [0.25, 0.3) is 10.9 Å². The standard InChI is InChI=1S/C17H24N4O2/c1-17(2,3)23-16(22)19-15-9-12-11-21(20-14(12)10-18-15)13-7-5-4-6-8-13/h9-11,13H,4-8H2,1-3H3,(H,19,22). The molecule has 2 heterocycles. The highest BCUT2D eigenvalue weighted by molar-refractivity contribution is 5.87. The topological polar surface area (TPSA) is 69.0 Å². The first-order valence-corrected chi connectivity index (χ1v) is 8.26. The molecule has 6 nitrogen and oxygen atoms in total. The Bertz CT molecular complexity index is 696. The van der Waals surface area contributed by atoms with E-state index in [1.54, 1.807) is 6.20 Å². The Balaban J connectivity index is 1.75. The van der Waals surface area contributed by atoms with Crippen LogP contribution in [0.3, 0.4) is 0 Å². The van der Waals surface area contributed by atoms with Crippen molar-refractivity contribution in [1.82, 2.24) is 14.8 Å². The van der Waals surface area contributed by atoms with E-state index in [1.165, 1.54) is 32.1 Å².